The standard InChI is InChI=1S/C14H11F3N2O2/c1-21-14(20)7-3-2-4-11(18)13(7)19-12-6-9(16)8(15)5-10(12)17/h2-6,19H,18H2,1H3. The minimum atomic E-state index is -1.31. The number of anilines is 3. The van der Waals surface area contributed by atoms with Crippen LogP contribution in [0, 0.1) is 17.5 Å². The number of carbonyl (C=O) groups excluding carboxylic acids is 1. The molecule has 21 heavy (non-hydrogen) atoms. The van der Waals surface area contributed by atoms with Crippen molar-refractivity contribution in [2.24, 2.45) is 0 Å². The van der Waals surface area contributed by atoms with E-state index in [1.54, 1.807) is 0 Å². The van der Waals surface area contributed by atoms with Crippen LogP contribution in [0.25, 0.3) is 0 Å². The molecule has 0 saturated heterocycles. The lowest BCUT2D eigenvalue weighted by atomic mass is 10.1. The zero-order valence-electron chi connectivity index (χ0n) is 10.9. The molecule has 0 aliphatic carbocycles. The molecule has 0 amide bonds. The molecular weight excluding hydrogens is 285 g/mol. The molecule has 0 saturated carbocycles. The zero-order valence-corrected chi connectivity index (χ0v) is 10.9. The van der Waals surface area contributed by atoms with Crippen molar-refractivity contribution in [2.75, 3.05) is 18.2 Å². The molecular formula is C14H11F3N2O2. The van der Waals surface area contributed by atoms with Crippen LogP contribution in [0.4, 0.5) is 30.2 Å². The van der Waals surface area contributed by atoms with E-state index in [1.807, 2.05) is 0 Å². The summed E-state index contributed by atoms with van der Waals surface area (Å²) in [6.07, 6.45) is 0. The van der Waals surface area contributed by atoms with E-state index in [0.29, 0.717) is 12.1 Å². The Morgan fingerprint density at radius 2 is 1.81 bits per heavy atom. The second kappa shape index (κ2) is 5.74. The van der Waals surface area contributed by atoms with Gasteiger partial charge in [-0.1, -0.05) is 6.07 Å². The van der Waals surface area contributed by atoms with Crippen molar-refractivity contribution >= 4 is 23.0 Å². The largest absolute Gasteiger partial charge is 0.465 e. The smallest absolute Gasteiger partial charge is 0.340 e. The SMILES string of the molecule is COC(=O)c1cccc(N)c1Nc1cc(F)c(F)cc1F. The van der Waals surface area contributed by atoms with Crippen molar-refractivity contribution in [2.45, 2.75) is 0 Å². The van der Waals surface area contributed by atoms with Gasteiger partial charge in [0.1, 0.15) is 5.82 Å². The highest BCUT2D eigenvalue weighted by atomic mass is 19.2. The van der Waals surface area contributed by atoms with Crippen LogP contribution in [0.3, 0.4) is 0 Å². The van der Waals surface area contributed by atoms with E-state index < -0.39 is 23.4 Å². The topological polar surface area (TPSA) is 64.3 Å². The molecule has 0 aliphatic heterocycles. The number of nitrogens with two attached hydrogens (primary N) is 1. The first-order valence-electron chi connectivity index (χ1n) is 5.82. The third-order valence-corrected chi connectivity index (χ3v) is 2.77. The number of methoxy groups -OCH3 is 1. The fourth-order valence-corrected chi connectivity index (χ4v) is 1.74. The lowest BCUT2D eigenvalue weighted by Crippen LogP contribution is -2.09. The predicted octanol–water partition coefficient (Wildman–Crippen LogP) is 3.22. The van der Waals surface area contributed by atoms with Gasteiger partial charge in [-0.15, -0.1) is 0 Å². The molecule has 2 rings (SSSR count). The van der Waals surface area contributed by atoms with Gasteiger partial charge in [0.15, 0.2) is 11.6 Å². The highest BCUT2D eigenvalue weighted by molar-refractivity contribution is 5.99. The van der Waals surface area contributed by atoms with Crippen molar-refractivity contribution in [3.05, 3.63) is 53.3 Å². The Morgan fingerprint density at radius 3 is 2.48 bits per heavy atom. The zero-order chi connectivity index (χ0) is 15.6. The number of hydrogen-bond donors (Lipinski definition) is 2. The lowest BCUT2D eigenvalue weighted by molar-refractivity contribution is 0.0602. The van der Waals surface area contributed by atoms with E-state index in [2.05, 4.69) is 10.1 Å². The highest BCUT2D eigenvalue weighted by Crippen LogP contribution is 2.30. The summed E-state index contributed by atoms with van der Waals surface area (Å²) in [6.45, 7) is 0. The maximum absolute atomic E-state index is 13.6. The molecule has 7 heteroatoms. The fraction of sp³-hybridized carbons (Fsp3) is 0.0714. The van der Waals surface area contributed by atoms with Crippen molar-refractivity contribution in [3.63, 3.8) is 0 Å². The third kappa shape index (κ3) is 2.91. The second-order valence-electron chi connectivity index (χ2n) is 4.13. The molecule has 0 atom stereocenters. The number of para-hydroxylation sites is 1. The Kier molecular flexibility index (Phi) is 4.02. The van der Waals surface area contributed by atoms with Crippen molar-refractivity contribution in [3.8, 4) is 0 Å². The summed E-state index contributed by atoms with van der Waals surface area (Å²) >= 11 is 0. The molecule has 3 N–H and O–H groups in total. The van der Waals surface area contributed by atoms with Gasteiger partial charge < -0.3 is 15.8 Å². The van der Waals surface area contributed by atoms with Crippen LogP contribution in [0.5, 0.6) is 0 Å². The fourth-order valence-electron chi connectivity index (χ4n) is 1.74. The normalized spacial score (nSPS) is 10.3. The van der Waals surface area contributed by atoms with Crippen LogP contribution >= 0.6 is 0 Å². The second-order valence-corrected chi connectivity index (χ2v) is 4.13. The van der Waals surface area contributed by atoms with E-state index in [9.17, 15) is 18.0 Å². The Balaban J connectivity index is 2.49. The number of ether oxygens (including phenoxy) is 1. The molecule has 0 fully saturated rings. The quantitative estimate of drug-likeness (QED) is 0.518. The summed E-state index contributed by atoms with van der Waals surface area (Å²) in [5.74, 6) is -4.26. The van der Waals surface area contributed by atoms with Crippen LogP contribution in [-0.4, -0.2) is 13.1 Å². The van der Waals surface area contributed by atoms with E-state index >= 15 is 0 Å². The van der Waals surface area contributed by atoms with E-state index in [-0.39, 0.29) is 22.6 Å². The first-order valence-corrected chi connectivity index (χ1v) is 5.82. The molecule has 2 aromatic rings. The number of halogens is 3. The van der Waals surface area contributed by atoms with Gasteiger partial charge in [0, 0.05) is 12.1 Å². The average Bonchev–Trinajstić information content (AvgIpc) is 2.45. The summed E-state index contributed by atoms with van der Waals surface area (Å²) < 4.78 is 44.3. The first kappa shape index (κ1) is 14.7. The minimum Gasteiger partial charge on any atom is -0.465 e. The molecule has 0 aliphatic rings. The summed E-state index contributed by atoms with van der Waals surface area (Å²) in [7, 11) is 1.17. The number of esters is 1. The van der Waals surface area contributed by atoms with Crippen LogP contribution in [0.2, 0.25) is 0 Å². The van der Waals surface area contributed by atoms with Gasteiger partial charge in [0.2, 0.25) is 0 Å². The number of nitrogen functional groups attached to an aromatic ring is 1. The first-order chi connectivity index (χ1) is 9.93. The molecule has 2 aromatic carbocycles. The summed E-state index contributed by atoms with van der Waals surface area (Å²) in [5, 5.41) is 2.48. The molecule has 4 nitrogen and oxygen atoms in total. The number of benzene rings is 2. The summed E-state index contributed by atoms with van der Waals surface area (Å²) in [6, 6.07) is 5.41. The van der Waals surface area contributed by atoms with Crippen LogP contribution in [0.1, 0.15) is 10.4 Å². The Morgan fingerprint density at radius 1 is 1.14 bits per heavy atom. The maximum atomic E-state index is 13.6. The van der Waals surface area contributed by atoms with E-state index in [4.69, 9.17) is 5.73 Å². The Bertz CT molecular complexity index is 705. The van der Waals surface area contributed by atoms with Crippen molar-refractivity contribution in [1.29, 1.82) is 0 Å². The van der Waals surface area contributed by atoms with Gasteiger partial charge in [0.25, 0.3) is 0 Å². The molecule has 0 spiro atoms. The van der Waals surface area contributed by atoms with Gasteiger partial charge >= 0.3 is 5.97 Å². The van der Waals surface area contributed by atoms with Gasteiger partial charge in [-0.2, -0.15) is 0 Å². The van der Waals surface area contributed by atoms with Crippen molar-refractivity contribution in [1.82, 2.24) is 0 Å². The van der Waals surface area contributed by atoms with Crippen LogP contribution in [0.15, 0.2) is 30.3 Å². The predicted molar refractivity (Wildman–Crippen MR) is 71.8 cm³/mol. The molecule has 0 bridgehead atoms. The summed E-state index contributed by atoms with van der Waals surface area (Å²) in [5.41, 5.74) is 5.59. The van der Waals surface area contributed by atoms with Crippen molar-refractivity contribution < 1.29 is 22.7 Å². The monoisotopic (exact) mass is 296 g/mol. The molecule has 0 heterocycles. The van der Waals surface area contributed by atoms with Gasteiger partial charge in [-0.25, -0.2) is 18.0 Å². The van der Waals surface area contributed by atoms with Crippen LogP contribution < -0.4 is 11.1 Å². The molecule has 0 unspecified atom stereocenters. The number of rotatable bonds is 3. The number of hydrogen-bond acceptors (Lipinski definition) is 4. The lowest BCUT2D eigenvalue weighted by Gasteiger charge is -2.14. The Labute approximate surface area is 118 Å². The minimum absolute atomic E-state index is 0.0432. The van der Waals surface area contributed by atoms with Crippen LogP contribution in [-0.2, 0) is 4.74 Å². The highest BCUT2D eigenvalue weighted by Gasteiger charge is 2.17. The van der Waals surface area contributed by atoms with Gasteiger partial charge in [-0.3, -0.25) is 0 Å². The molecule has 0 aromatic heterocycles. The number of carbonyl (C=O) groups is 1. The maximum Gasteiger partial charge on any atom is 0.340 e. The van der Waals surface area contributed by atoms with E-state index in [0.717, 1.165) is 0 Å². The summed E-state index contributed by atoms with van der Waals surface area (Å²) in [4.78, 5) is 11.6. The Hall–Kier alpha value is -2.70. The molecule has 0 radical (unpaired) electrons. The average molecular weight is 296 g/mol. The van der Waals surface area contributed by atoms with Gasteiger partial charge in [-0.05, 0) is 12.1 Å². The van der Waals surface area contributed by atoms with Gasteiger partial charge in [0.05, 0.1) is 29.7 Å². The van der Waals surface area contributed by atoms with E-state index in [1.165, 1.54) is 25.3 Å². The molecule has 110 valence electrons. The number of nitrogens with one attached hydrogen (secondary N) is 1. The third-order valence-electron chi connectivity index (χ3n) is 2.77.